The first-order valence-electron chi connectivity index (χ1n) is 10.4. The maximum Gasteiger partial charge on any atom is 0.356 e. The number of carbonyl (C=O) groups excluding carboxylic acids is 1. The van der Waals surface area contributed by atoms with Gasteiger partial charge in [0.2, 0.25) is 5.88 Å². The molecule has 0 saturated carbocycles. The molecule has 3 aromatic rings. The van der Waals surface area contributed by atoms with E-state index in [4.69, 9.17) is 9.84 Å². The maximum absolute atomic E-state index is 12.7. The summed E-state index contributed by atoms with van der Waals surface area (Å²) in [5.74, 6) is 0.130. The molecule has 3 heterocycles. The van der Waals surface area contributed by atoms with Crippen LogP contribution >= 0.6 is 0 Å². The number of hydrogen-bond donors (Lipinski definition) is 1. The van der Waals surface area contributed by atoms with Gasteiger partial charge < -0.3 is 14.7 Å². The number of ether oxygens (including phenoxy) is 1. The molecule has 166 valence electrons. The highest BCUT2D eigenvalue weighted by Gasteiger charge is 2.29. The minimum atomic E-state index is -1.15. The molecule has 32 heavy (non-hydrogen) atoms. The van der Waals surface area contributed by atoms with Gasteiger partial charge in [0.05, 0.1) is 0 Å². The number of nitrogens with zero attached hydrogens (tertiary/aromatic N) is 5. The van der Waals surface area contributed by atoms with Crippen LogP contribution in [0, 0.1) is 6.92 Å². The van der Waals surface area contributed by atoms with E-state index < -0.39 is 5.97 Å². The van der Waals surface area contributed by atoms with Gasteiger partial charge >= 0.3 is 12.0 Å². The molecule has 0 radical (unpaired) electrons. The Balaban J connectivity index is 1.36. The lowest BCUT2D eigenvalue weighted by Crippen LogP contribution is -2.54. The number of amides is 1. The predicted molar refractivity (Wildman–Crippen MR) is 117 cm³/mol. The number of carboxylic acids is 1. The summed E-state index contributed by atoms with van der Waals surface area (Å²) in [4.78, 5) is 32.0. The number of aryl methyl sites for hydroxylation is 1. The van der Waals surface area contributed by atoms with Gasteiger partial charge in [0.25, 0.3) is 0 Å². The van der Waals surface area contributed by atoms with Gasteiger partial charge in [0.15, 0.2) is 5.69 Å². The van der Waals surface area contributed by atoms with Crippen molar-refractivity contribution in [1.82, 2.24) is 24.6 Å². The molecule has 4 rings (SSSR count). The van der Waals surface area contributed by atoms with E-state index in [1.165, 1.54) is 12.3 Å². The molecule has 1 aliphatic heterocycles. The summed E-state index contributed by atoms with van der Waals surface area (Å²) in [6, 6.07) is 12.7. The molecule has 1 N–H and O–H groups in total. The highest BCUT2D eigenvalue weighted by atomic mass is 16.5. The molecule has 1 aromatic carbocycles. The Morgan fingerprint density at radius 1 is 1.19 bits per heavy atom. The average Bonchev–Trinajstić information content (AvgIpc) is 3.26. The van der Waals surface area contributed by atoms with Crippen LogP contribution in [-0.4, -0.2) is 67.3 Å². The summed E-state index contributed by atoms with van der Waals surface area (Å²) in [5.41, 5.74) is 2.04. The second kappa shape index (κ2) is 9.19. The van der Waals surface area contributed by atoms with E-state index in [-0.39, 0.29) is 17.8 Å². The smallest absolute Gasteiger partial charge is 0.356 e. The van der Waals surface area contributed by atoms with Crippen LogP contribution in [0.3, 0.4) is 0 Å². The Kier molecular flexibility index (Phi) is 6.18. The van der Waals surface area contributed by atoms with E-state index in [1.54, 1.807) is 11.1 Å². The van der Waals surface area contributed by atoms with Crippen molar-refractivity contribution in [1.29, 1.82) is 0 Å². The molecule has 1 aliphatic rings. The van der Waals surface area contributed by atoms with E-state index in [2.05, 4.69) is 21.0 Å². The van der Waals surface area contributed by atoms with Crippen LogP contribution in [0.15, 0.2) is 54.9 Å². The maximum atomic E-state index is 12.7. The van der Waals surface area contributed by atoms with Crippen LogP contribution in [0.1, 0.15) is 28.5 Å². The van der Waals surface area contributed by atoms with E-state index in [9.17, 15) is 9.59 Å². The highest BCUT2D eigenvalue weighted by molar-refractivity contribution is 5.86. The molecule has 1 atom stereocenters. The molecular formula is C23H25N5O4. The second-order valence-electron chi connectivity index (χ2n) is 7.93. The quantitative estimate of drug-likeness (QED) is 0.656. The van der Waals surface area contributed by atoms with Gasteiger partial charge in [-0.2, -0.15) is 9.78 Å². The number of rotatable bonds is 5. The molecule has 0 aliphatic carbocycles. The third-order valence-electron chi connectivity index (χ3n) is 5.37. The van der Waals surface area contributed by atoms with Crippen molar-refractivity contribution in [3.63, 3.8) is 0 Å². The molecule has 9 nitrogen and oxygen atoms in total. The number of carbonyl (C=O) groups is 2. The Bertz CT molecular complexity index is 1110. The number of carboxylic acid groups (broad SMARTS) is 1. The summed E-state index contributed by atoms with van der Waals surface area (Å²) in [6.07, 6.45) is 3.16. The van der Waals surface area contributed by atoms with Crippen molar-refractivity contribution in [3.8, 4) is 11.6 Å². The van der Waals surface area contributed by atoms with Crippen LogP contribution < -0.4 is 4.74 Å². The predicted octanol–water partition coefficient (Wildman–Crippen LogP) is 3.25. The van der Waals surface area contributed by atoms with E-state index >= 15 is 0 Å². The zero-order valence-electron chi connectivity index (χ0n) is 18.0. The Morgan fingerprint density at radius 2 is 2.03 bits per heavy atom. The topological polar surface area (TPSA) is 101 Å². The molecule has 1 amide bonds. The van der Waals surface area contributed by atoms with Gasteiger partial charge in [-0.05, 0) is 43.2 Å². The zero-order valence-corrected chi connectivity index (χ0v) is 18.0. The SMILES string of the molecule is Cc1ccc(Oc2cccc(CN3CCN(C(=O)n4ccc(C(=O)O)n4)[C@H](C)C3)c2)nc1. The van der Waals surface area contributed by atoms with Crippen LogP contribution in [-0.2, 0) is 6.54 Å². The van der Waals surface area contributed by atoms with Crippen LogP contribution in [0.5, 0.6) is 11.6 Å². The largest absolute Gasteiger partial charge is 0.476 e. The lowest BCUT2D eigenvalue weighted by molar-refractivity contribution is 0.0689. The lowest BCUT2D eigenvalue weighted by Gasteiger charge is -2.39. The number of hydrogen-bond acceptors (Lipinski definition) is 6. The van der Waals surface area contributed by atoms with Gasteiger partial charge in [-0.1, -0.05) is 18.2 Å². The Hall–Kier alpha value is -3.72. The first kappa shape index (κ1) is 21.5. The van der Waals surface area contributed by atoms with Crippen molar-refractivity contribution in [2.24, 2.45) is 0 Å². The summed E-state index contributed by atoms with van der Waals surface area (Å²) in [7, 11) is 0. The fraction of sp³-hybridized carbons (Fsp3) is 0.304. The van der Waals surface area contributed by atoms with Gasteiger partial charge in [-0.3, -0.25) is 4.90 Å². The molecule has 1 fully saturated rings. The first-order chi connectivity index (χ1) is 15.4. The van der Waals surface area contributed by atoms with Crippen LogP contribution in [0.4, 0.5) is 4.79 Å². The van der Waals surface area contributed by atoms with Crippen molar-refractivity contribution in [2.75, 3.05) is 19.6 Å². The number of aromatic carboxylic acids is 1. The summed E-state index contributed by atoms with van der Waals surface area (Å²) in [5, 5.41) is 12.9. The average molecular weight is 435 g/mol. The molecule has 1 saturated heterocycles. The van der Waals surface area contributed by atoms with Gasteiger partial charge in [-0.15, -0.1) is 0 Å². The third kappa shape index (κ3) is 4.94. The highest BCUT2D eigenvalue weighted by Crippen LogP contribution is 2.22. The normalized spacial score (nSPS) is 16.7. The fourth-order valence-electron chi connectivity index (χ4n) is 3.74. The molecule has 9 heteroatoms. The van der Waals surface area contributed by atoms with Crippen LogP contribution in [0.25, 0.3) is 0 Å². The first-order valence-corrected chi connectivity index (χ1v) is 10.4. The Morgan fingerprint density at radius 3 is 2.72 bits per heavy atom. The van der Waals surface area contributed by atoms with E-state index in [0.717, 1.165) is 28.1 Å². The molecule has 2 aromatic heterocycles. The summed E-state index contributed by atoms with van der Waals surface area (Å²) >= 11 is 0. The van der Waals surface area contributed by atoms with Crippen LogP contribution in [0.2, 0.25) is 0 Å². The zero-order chi connectivity index (χ0) is 22.7. The van der Waals surface area contributed by atoms with Crippen molar-refractivity contribution in [2.45, 2.75) is 26.4 Å². The van der Waals surface area contributed by atoms with Crippen molar-refractivity contribution < 1.29 is 19.4 Å². The second-order valence-corrected chi connectivity index (χ2v) is 7.93. The lowest BCUT2D eigenvalue weighted by atomic mass is 10.1. The van der Waals surface area contributed by atoms with E-state index in [1.807, 2.05) is 44.2 Å². The molecule has 0 spiro atoms. The Labute approximate surface area is 185 Å². The number of pyridine rings is 1. The summed E-state index contributed by atoms with van der Waals surface area (Å²) in [6.45, 7) is 6.63. The standard InChI is InChI=1S/C23H25N5O4/c1-16-6-7-21(24-13-16)32-19-5-3-4-18(12-19)15-26-10-11-27(17(2)14-26)23(31)28-9-8-20(25-28)22(29)30/h3-9,12-13,17H,10-11,14-15H2,1-2H3,(H,29,30)/t17-/m1/s1. The van der Waals surface area contributed by atoms with E-state index in [0.29, 0.717) is 25.5 Å². The number of aromatic nitrogens is 3. The minimum Gasteiger partial charge on any atom is -0.476 e. The van der Waals surface area contributed by atoms with Crippen molar-refractivity contribution in [3.05, 3.63) is 71.7 Å². The van der Waals surface area contributed by atoms with Gasteiger partial charge in [0.1, 0.15) is 5.75 Å². The van der Waals surface area contributed by atoms with Crippen molar-refractivity contribution >= 4 is 12.0 Å². The molecular weight excluding hydrogens is 410 g/mol. The monoisotopic (exact) mass is 435 g/mol. The third-order valence-corrected chi connectivity index (χ3v) is 5.37. The molecule has 0 bridgehead atoms. The van der Waals surface area contributed by atoms with Gasteiger partial charge in [0, 0.05) is 50.7 Å². The number of piperazine rings is 1. The number of benzene rings is 1. The fourth-order valence-corrected chi connectivity index (χ4v) is 3.74. The summed E-state index contributed by atoms with van der Waals surface area (Å²) < 4.78 is 6.96. The van der Waals surface area contributed by atoms with Gasteiger partial charge in [-0.25, -0.2) is 14.6 Å². The molecule has 0 unspecified atom stereocenters. The minimum absolute atomic E-state index is 0.0371.